The Morgan fingerprint density at radius 2 is 1.55 bits per heavy atom. The van der Waals surface area contributed by atoms with Crippen molar-refractivity contribution in [3.8, 4) is 45.8 Å². The second-order valence-corrected chi connectivity index (χ2v) is 18.2. The van der Waals surface area contributed by atoms with Crippen molar-refractivity contribution in [1.82, 2.24) is 20.2 Å². The highest BCUT2D eigenvalue weighted by Gasteiger charge is 2.37. The molecule has 0 aliphatic carbocycles. The standard InChI is InChI=1S/C51H64N8O8/c1-29-23-42(62)46(59(7)50(65)35(16-18-53)28-41(61)45-30(2)56-48(57-31(45)3)33-10-13-36(14-11-33)51(4,5)6)34-12-15-43(66-21-19-54)37(27-34)38-24-32(26-44(47(38)63)67-22-20-55)25-39(58-49(29)64)40(60)9-8-17-52/h10-15,24,26-27,29,35,39,46,63H,8-9,16,18-23,25,28,53-55H2,1-7H3,(H,58,64). The summed E-state index contributed by atoms with van der Waals surface area (Å²) in [6.07, 6.45) is -0.747. The number of fused-ring (bicyclic) bond motifs is 5. The van der Waals surface area contributed by atoms with Gasteiger partial charge in [0.15, 0.2) is 34.7 Å². The maximum Gasteiger partial charge on any atom is 0.226 e. The third-order valence-electron chi connectivity index (χ3n) is 12.0. The van der Waals surface area contributed by atoms with Crippen LogP contribution in [0.25, 0.3) is 22.5 Å². The van der Waals surface area contributed by atoms with Crippen molar-refractivity contribution in [3.63, 3.8) is 0 Å². The van der Waals surface area contributed by atoms with Crippen molar-refractivity contribution in [2.75, 3.05) is 39.9 Å². The summed E-state index contributed by atoms with van der Waals surface area (Å²) in [4.78, 5) is 81.9. The van der Waals surface area contributed by atoms with Gasteiger partial charge < -0.3 is 42.0 Å². The van der Waals surface area contributed by atoms with Gasteiger partial charge in [0.2, 0.25) is 11.8 Å². The maximum atomic E-state index is 14.8. The van der Waals surface area contributed by atoms with E-state index in [0.29, 0.717) is 39.5 Å². The van der Waals surface area contributed by atoms with Crippen LogP contribution >= 0.6 is 0 Å². The van der Waals surface area contributed by atoms with Crippen molar-refractivity contribution in [2.45, 2.75) is 97.6 Å². The number of hydrogen-bond donors (Lipinski definition) is 5. The average Bonchev–Trinajstić information content (AvgIpc) is 3.28. The van der Waals surface area contributed by atoms with Gasteiger partial charge in [0.1, 0.15) is 25.0 Å². The van der Waals surface area contributed by atoms with Gasteiger partial charge in [-0.15, -0.1) is 0 Å². The summed E-state index contributed by atoms with van der Waals surface area (Å²) in [6, 6.07) is 15.6. The van der Waals surface area contributed by atoms with E-state index in [1.807, 2.05) is 30.3 Å². The number of benzene rings is 3. The SMILES string of the molecule is Cc1nc(-c2ccc(C(C)(C)C)cc2)nc(C)c1C(=O)CC(CCN)C(=O)N(C)C1C(=O)CC(C)C(=O)NC(C(=O)CCC#N)Cc2cc(OCCN)c(O)c(c2)-c2cc1ccc2OCCN. The van der Waals surface area contributed by atoms with Gasteiger partial charge in [-0.3, -0.25) is 24.0 Å². The Bertz CT molecular complexity index is 2490. The fourth-order valence-corrected chi connectivity index (χ4v) is 8.39. The van der Waals surface area contributed by atoms with Crippen molar-refractivity contribution in [1.29, 1.82) is 5.26 Å². The molecule has 4 unspecified atom stereocenters. The Morgan fingerprint density at radius 3 is 2.15 bits per heavy atom. The number of phenolic OH excluding ortho intramolecular Hbond substituents is 1. The molecule has 16 heteroatoms. The number of nitrogens with zero attached hydrogens (tertiary/aromatic N) is 4. The molecule has 2 amide bonds. The Kier molecular flexibility index (Phi) is 17.5. The van der Waals surface area contributed by atoms with E-state index in [4.69, 9.17) is 36.6 Å². The quantitative estimate of drug-likeness (QED) is 0.0836. The predicted molar refractivity (Wildman–Crippen MR) is 254 cm³/mol. The molecule has 0 saturated carbocycles. The molecule has 16 nitrogen and oxygen atoms in total. The van der Waals surface area contributed by atoms with E-state index in [9.17, 15) is 34.3 Å². The number of Topliss-reactive ketones (excluding diaryl/α,β-unsaturated/α-hetero) is 3. The van der Waals surface area contributed by atoms with E-state index >= 15 is 0 Å². The fraction of sp³-hybridized carbons (Fsp3) is 0.451. The van der Waals surface area contributed by atoms with Crippen LogP contribution in [0.3, 0.4) is 0 Å². The van der Waals surface area contributed by atoms with E-state index in [0.717, 1.165) is 11.1 Å². The van der Waals surface area contributed by atoms with Crippen molar-refractivity contribution >= 4 is 29.2 Å². The highest BCUT2D eigenvalue weighted by atomic mass is 16.5. The number of likely N-dealkylation sites (N-methyl/N-ethyl adjacent to an activating group) is 1. The topological polar surface area (TPSA) is 267 Å². The molecule has 1 aliphatic heterocycles. The summed E-state index contributed by atoms with van der Waals surface area (Å²) < 4.78 is 11.9. The van der Waals surface area contributed by atoms with Gasteiger partial charge >= 0.3 is 0 Å². The van der Waals surface area contributed by atoms with Crippen molar-refractivity contribution in [3.05, 3.63) is 88.2 Å². The van der Waals surface area contributed by atoms with Gasteiger partial charge in [-0.25, -0.2) is 9.97 Å². The number of carbonyl (C=O) groups excluding carboxylic acids is 5. The normalized spacial score (nSPS) is 16.8. The van der Waals surface area contributed by atoms with Crippen LogP contribution in [0.15, 0.2) is 54.6 Å². The molecule has 356 valence electrons. The van der Waals surface area contributed by atoms with Crippen LogP contribution in [0.4, 0.5) is 0 Å². The number of amides is 2. The van der Waals surface area contributed by atoms with Crippen LogP contribution in [0.5, 0.6) is 17.2 Å². The fourth-order valence-electron chi connectivity index (χ4n) is 8.39. The second kappa shape index (κ2) is 22.8. The van der Waals surface area contributed by atoms with E-state index < -0.39 is 47.3 Å². The first-order chi connectivity index (χ1) is 31.8. The van der Waals surface area contributed by atoms with Crippen LogP contribution in [0, 0.1) is 37.0 Å². The molecule has 1 aliphatic rings. The van der Waals surface area contributed by atoms with E-state index in [1.54, 1.807) is 51.1 Å². The van der Waals surface area contributed by atoms with Crippen LogP contribution in [0.1, 0.15) is 104 Å². The molecule has 67 heavy (non-hydrogen) atoms. The van der Waals surface area contributed by atoms with Crippen LogP contribution < -0.4 is 32.0 Å². The first kappa shape index (κ1) is 51.4. The van der Waals surface area contributed by atoms with Crippen molar-refractivity contribution in [2.24, 2.45) is 29.0 Å². The zero-order valence-electron chi connectivity index (χ0n) is 39.6. The smallest absolute Gasteiger partial charge is 0.226 e. The van der Waals surface area contributed by atoms with Crippen LogP contribution in [-0.2, 0) is 31.0 Å². The molecular formula is C51H64N8O8. The van der Waals surface area contributed by atoms with E-state index in [1.165, 1.54) is 11.9 Å². The number of rotatable bonds is 17. The van der Waals surface area contributed by atoms with Crippen molar-refractivity contribution < 1.29 is 38.6 Å². The molecule has 0 saturated heterocycles. The summed E-state index contributed by atoms with van der Waals surface area (Å²) >= 11 is 0. The van der Waals surface area contributed by atoms with Crippen LogP contribution in [-0.4, -0.2) is 95.1 Å². The molecule has 0 spiro atoms. The Labute approximate surface area is 392 Å². The highest BCUT2D eigenvalue weighted by molar-refractivity contribution is 6.01. The third-order valence-corrected chi connectivity index (χ3v) is 12.0. The summed E-state index contributed by atoms with van der Waals surface area (Å²) in [5.41, 5.74) is 22.1. The minimum absolute atomic E-state index is 0.0332. The molecule has 1 aromatic heterocycles. The molecule has 0 fully saturated rings. The zero-order valence-corrected chi connectivity index (χ0v) is 39.6. The number of nitrogens with one attached hydrogen (secondary N) is 1. The summed E-state index contributed by atoms with van der Waals surface area (Å²) in [5, 5.41) is 23.8. The zero-order chi connectivity index (χ0) is 49.2. The molecule has 5 rings (SSSR count). The highest BCUT2D eigenvalue weighted by Crippen LogP contribution is 2.44. The number of ether oxygens (including phenoxy) is 2. The lowest BCUT2D eigenvalue weighted by molar-refractivity contribution is -0.142. The molecule has 4 bridgehead atoms. The Hall–Kier alpha value is -6.54. The Morgan fingerprint density at radius 1 is 0.910 bits per heavy atom. The van der Waals surface area contributed by atoms with Gasteiger partial charge in [0.05, 0.1) is 29.1 Å². The number of ketones is 3. The number of carbonyl (C=O) groups is 5. The number of aryl methyl sites for hydroxylation is 2. The van der Waals surface area contributed by atoms with Gasteiger partial charge in [0.25, 0.3) is 0 Å². The minimum Gasteiger partial charge on any atom is -0.504 e. The van der Waals surface area contributed by atoms with Gasteiger partial charge in [-0.05, 0) is 79.6 Å². The van der Waals surface area contributed by atoms with Gasteiger partial charge in [0, 0.05) is 74.3 Å². The van der Waals surface area contributed by atoms with E-state index in [-0.39, 0.29) is 105 Å². The minimum atomic E-state index is -1.31. The lowest BCUT2D eigenvalue weighted by atomic mass is 9.86. The molecule has 4 aromatic rings. The number of nitrogens with two attached hydrogens (primary N) is 3. The first-order valence-electron chi connectivity index (χ1n) is 22.7. The molecular weight excluding hydrogens is 853 g/mol. The lowest BCUT2D eigenvalue weighted by Crippen LogP contribution is -2.46. The third kappa shape index (κ3) is 12.5. The largest absolute Gasteiger partial charge is 0.504 e. The molecule has 3 aromatic carbocycles. The number of aromatic hydroxyl groups is 1. The number of phenols is 1. The average molecular weight is 917 g/mol. The predicted octanol–water partition coefficient (Wildman–Crippen LogP) is 5.35. The van der Waals surface area contributed by atoms with Gasteiger partial charge in [-0.1, -0.05) is 58.0 Å². The molecule has 2 heterocycles. The van der Waals surface area contributed by atoms with Gasteiger partial charge in [-0.2, -0.15) is 5.26 Å². The molecule has 8 N–H and O–H groups in total. The number of hydrogen-bond acceptors (Lipinski definition) is 14. The second-order valence-electron chi connectivity index (χ2n) is 18.2. The summed E-state index contributed by atoms with van der Waals surface area (Å²) in [7, 11) is 1.46. The summed E-state index contributed by atoms with van der Waals surface area (Å²) in [6.45, 7) is 11.9. The Balaban J connectivity index is 1.59. The maximum absolute atomic E-state index is 14.8. The van der Waals surface area contributed by atoms with E-state index in [2.05, 4.69) is 26.1 Å². The molecule has 0 radical (unpaired) electrons. The van der Waals surface area contributed by atoms with Crippen LogP contribution in [0.2, 0.25) is 0 Å². The molecule has 4 atom stereocenters. The number of aromatic nitrogens is 2. The first-order valence-corrected chi connectivity index (χ1v) is 22.7. The number of nitriles is 1. The lowest BCUT2D eigenvalue weighted by Gasteiger charge is -2.32. The summed E-state index contributed by atoms with van der Waals surface area (Å²) in [5.74, 6) is -3.86. The monoisotopic (exact) mass is 916 g/mol.